The molecule has 2 aromatic rings. The Morgan fingerprint density at radius 2 is 1.96 bits per heavy atom. The minimum absolute atomic E-state index is 0.120. The van der Waals surface area contributed by atoms with Crippen LogP contribution in [0.2, 0.25) is 0 Å². The van der Waals surface area contributed by atoms with Crippen molar-refractivity contribution in [1.29, 1.82) is 0 Å². The molecule has 0 saturated carbocycles. The minimum Gasteiger partial charge on any atom is -0.486 e. The first kappa shape index (κ1) is 16.0. The predicted octanol–water partition coefficient (Wildman–Crippen LogP) is 1.55. The molecule has 0 radical (unpaired) electrons. The second-order valence-corrected chi connectivity index (χ2v) is 6.34. The zero-order chi connectivity index (χ0) is 17.1. The molecule has 7 heteroatoms. The summed E-state index contributed by atoms with van der Waals surface area (Å²) in [5, 5.41) is 0. The molecule has 0 bridgehead atoms. The zero-order valence-electron chi connectivity index (χ0n) is 14.0. The summed E-state index contributed by atoms with van der Waals surface area (Å²) in [6, 6.07) is 7.56. The Balaban J connectivity index is 1.25. The summed E-state index contributed by atoms with van der Waals surface area (Å²) in [6.45, 7) is 4.29. The lowest BCUT2D eigenvalue weighted by Crippen LogP contribution is -2.49. The Labute approximate surface area is 146 Å². The molecule has 0 aliphatic carbocycles. The van der Waals surface area contributed by atoms with Crippen LogP contribution in [0.25, 0.3) is 0 Å². The van der Waals surface area contributed by atoms with Crippen molar-refractivity contribution in [3.63, 3.8) is 0 Å². The molecule has 132 valence electrons. The van der Waals surface area contributed by atoms with Crippen LogP contribution in [0.15, 0.2) is 41.3 Å². The van der Waals surface area contributed by atoms with E-state index in [-0.39, 0.29) is 12.0 Å². The third-order valence-corrected chi connectivity index (χ3v) is 4.56. The van der Waals surface area contributed by atoms with Crippen LogP contribution in [0, 0.1) is 0 Å². The van der Waals surface area contributed by atoms with Crippen LogP contribution in [0.3, 0.4) is 0 Å². The number of fused-ring (bicyclic) bond motifs is 1. The van der Waals surface area contributed by atoms with Gasteiger partial charge in [0.2, 0.25) is 5.91 Å². The standard InChI is InChI=1S/C18H21N3O4/c22-18(9-15-12-24-16-3-1-2-4-17(16)25-15)21-7-5-20(6-8-21)10-14-11-23-13-19-14/h1-4,11,13,15H,5-10,12H2. The van der Waals surface area contributed by atoms with Crippen LogP contribution in [-0.2, 0) is 11.3 Å². The Bertz CT molecular complexity index is 711. The summed E-state index contributed by atoms with van der Waals surface area (Å²) >= 11 is 0. The SMILES string of the molecule is O=C(CC1COc2ccccc2O1)N1CCN(Cc2cocn2)CC1. The van der Waals surface area contributed by atoms with E-state index in [2.05, 4.69) is 9.88 Å². The van der Waals surface area contributed by atoms with Gasteiger partial charge in [-0.3, -0.25) is 9.69 Å². The summed E-state index contributed by atoms with van der Waals surface area (Å²) in [5.41, 5.74) is 0.922. The monoisotopic (exact) mass is 343 g/mol. The third kappa shape index (κ3) is 3.76. The number of hydrogen-bond acceptors (Lipinski definition) is 6. The number of amides is 1. The first-order valence-corrected chi connectivity index (χ1v) is 8.53. The van der Waals surface area contributed by atoms with Gasteiger partial charge in [0.1, 0.15) is 19.0 Å². The maximum absolute atomic E-state index is 12.5. The Morgan fingerprint density at radius 1 is 1.16 bits per heavy atom. The van der Waals surface area contributed by atoms with Gasteiger partial charge in [-0.15, -0.1) is 0 Å². The van der Waals surface area contributed by atoms with E-state index in [1.54, 1.807) is 6.26 Å². The number of para-hydroxylation sites is 2. The molecule has 1 aromatic heterocycles. The normalized spacial score (nSPS) is 20.5. The molecule has 4 rings (SSSR count). The summed E-state index contributed by atoms with van der Waals surface area (Å²) in [4.78, 5) is 20.9. The van der Waals surface area contributed by atoms with Gasteiger partial charge in [-0.2, -0.15) is 0 Å². The van der Waals surface area contributed by atoms with Crippen molar-refractivity contribution in [2.45, 2.75) is 19.1 Å². The van der Waals surface area contributed by atoms with Gasteiger partial charge < -0.3 is 18.8 Å². The first-order valence-electron chi connectivity index (χ1n) is 8.53. The van der Waals surface area contributed by atoms with Gasteiger partial charge in [-0.25, -0.2) is 4.98 Å². The fourth-order valence-electron chi connectivity index (χ4n) is 3.19. The average Bonchev–Trinajstić information content (AvgIpc) is 3.15. The fourth-order valence-corrected chi connectivity index (χ4v) is 3.19. The molecule has 2 aliphatic rings. The number of hydrogen-bond donors (Lipinski definition) is 0. The number of nitrogens with zero attached hydrogens (tertiary/aromatic N) is 3. The molecule has 1 aromatic carbocycles. The van der Waals surface area contributed by atoms with Gasteiger partial charge in [0, 0.05) is 32.7 Å². The fraction of sp³-hybridized carbons (Fsp3) is 0.444. The molecule has 0 N–H and O–H groups in total. The largest absolute Gasteiger partial charge is 0.486 e. The van der Waals surface area contributed by atoms with Gasteiger partial charge in [0.25, 0.3) is 0 Å². The third-order valence-electron chi connectivity index (χ3n) is 4.56. The molecule has 7 nitrogen and oxygen atoms in total. The lowest BCUT2D eigenvalue weighted by molar-refractivity contribution is -0.135. The van der Waals surface area contributed by atoms with E-state index in [1.807, 2.05) is 29.2 Å². The number of oxazole rings is 1. The molecule has 1 saturated heterocycles. The lowest BCUT2D eigenvalue weighted by Gasteiger charge is -2.35. The van der Waals surface area contributed by atoms with Crippen LogP contribution < -0.4 is 9.47 Å². The number of aromatic nitrogens is 1. The highest BCUT2D eigenvalue weighted by Gasteiger charge is 2.27. The van der Waals surface area contributed by atoms with Gasteiger partial charge in [-0.1, -0.05) is 12.1 Å². The molecular formula is C18H21N3O4. The number of piperazine rings is 1. The molecule has 2 aliphatic heterocycles. The Hall–Kier alpha value is -2.54. The number of ether oxygens (including phenoxy) is 2. The number of rotatable bonds is 4. The van der Waals surface area contributed by atoms with Gasteiger partial charge in [0.05, 0.1) is 12.1 Å². The number of carbonyl (C=O) groups is 1. The van der Waals surface area contributed by atoms with E-state index in [4.69, 9.17) is 13.9 Å². The van der Waals surface area contributed by atoms with Crippen molar-refractivity contribution in [1.82, 2.24) is 14.8 Å². The zero-order valence-corrected chi connectivity index (χ0v) is 14.0. The number of benzene rings is 1. The van der Waals surface area contributed by atoms with E-state index >= 15 is 0 Å². The van der Waals surface area contributed by atoms with Crippen molar-refractivity contribution in [3.05, 3.63) is 42.6 Å². The highest BCUT2D eigenvalue weighted by atomic mass is 16.6. The van der Waals surface area contributed by atoms with Crippen molar-refractivity contribution < 1.29 is 18.7 Å². The quantitative estimate of drug-likeness (QED) is 0.839. The topological polar surface area (TPSA) is 68.0 Å². The Kier molecular flexibility index (Phi) is 4.56. The molecule has 25 heavy (non-hydrogen) atoms. The van der Waals surface area contributed by atoms with Gasteiger partial charge >= 0.3 is 0 Å². The van der Waals surface area contributed by atoms with Crippen LogP contribution in [0.4, 0.5) is 0 Å². The van der Waals surface area contributed by atoms with Crippen molar-refractivity contribution in [3.8, 4) is 11.5 Å². The van der Waals surface area contributed by atoms with E-state index in [0.717, 1.165) is 44.2 Å². The molecule has 1 atom stereocenters. The van der Waals surface area contributed by atoms with Crippen molar-refractivity contribution >= 4 is 5.91 Å². The second-order valence-electron chi connectivity index (χ2n) is 6.34. The molecule has 1 amide bonds. The maximum Gasteiger partial charge on any atom is 0.226 e. The molecule has 3 heterocycles. The smallest absolute Gasteiger partial charge is 0.226 e. The highest BCUT2D eigenvalue weighted by Crippen LogP contribution is 2.31. The predicted molar refractivity (Wildman–Crippen MR) is 89.3 cm³/mol. The van der Waals surface area contributed by atoms with E-state index < -0.39 is 0 Å². The van der Waals surface area contributed by atoms with Crippen molar-refractivity contribution in [2.75, 3.05) is 32.8 Å². The molecule has 0 spiro atoms. The molecular weight excluding hydrogens is 322 g/mol. The summed E-state index contributed by atoms with van der Waals surface area (Å²) in [5.74, 6) is 1.57. The van der Waals surface area contributed by atoms with Crippen LogP contribution in [0.5, 0.6) is 11.5 Å². The highest BCUT2D eigenvalue weighted by molar-refractivity contribution is 5.77. The number of carbonyl (C=O) groups excluding carboxylic acids is 1. The average molecular weight is 343 g/mol. The second kappa shape index (κ2) is 7.14. The first-order chi connectivity index (χ1) is 12.3. The molecule has 1 fully saturated rings. The van der Waals surface area contributed by atoms with Gasteiger partial charge in [0.15, 0.2) is 17.9 Å². The Morgan fingerprint density at radius 3 is 2.72 bits per heavy atom. The minimum atomic E-state index is -0.226. The summed E-state index contributed by atoms with van der Waals surface area (Å²) < 4.78 is 16.6. The maximum atomic E-state index is 12.5. The lowest BCUT2D eigenvalue weighted by atomic mass is 10.2. The summed E-state index contributed by atoms with van der Waals surface area (Å²) in [6.07, 6.45) is 3.22. The molecule has 1 unspecified atom stereocenters. The van der Waals surface area contributed by atoms with Crippen molar-refractivity contribution in [2.24, 2.45) is 0 Å². The van der Waals surface area contributed by atoms with Crippen LogP contribution >= 0.6 is 0 Å². The van der Waals surface area contributed by atoms with Gasteiger partial charge in [-0.05, 0) is 12.1 Å². The van der Waals surface area contributed by atoms with E-state index in [1.165, 1.54) is 6.39 Å². The van der Waals surface area contributed by atoms with E-state index in [9.17, 15) is 4.79 Å². The summed E-state index contributed by atoms with van der Waals surface area (Å²) in [7, 11) is 0. The van der Waals surface area contributed by atoms with Crippen LogP contribution in [0.1, 0.15) is 12.1 Å². The van der Waals surface area contributed by atoms with Crippen LogP contribution in [-0.4, -0.2) is 59.6 Å². The van der Waals surface area contributed by atoms with E-state index in [0.29, 0.717) is 18.8 Å².